The van der Waals surface area contributed by atoms with Gasteiger partial charge in [0, 0.05) is 16.6 Å². The zero-order valence-corrected chi connectivity index (χ0v) is 15.0. The fourth-order valence-corrected chi connectivity index (χ4v) is 3.36. The van der Waals surface area contributed by atoms with E-state index >= 15 is 0 Å². The van der Waals surface area contributed by atoms with Crippen LogP contribution in [0.4, 0.5) is 0 Å². The summed E-state index contributed by atoms with van der Waals surface area (Å²) < 4.78 is 27.9. The second-order valence-corrected chi connectivity index (χ2v) is 8.15. The highest BCUT2D eigenvalue weighted by molar-refractivity contribution is 9.10. The molecule has 2 aromatic carbocycles. The number of hydrogen-bond donors (Lipinski definition) is 2. The molecule has 0 aromatic heterocycles. The summed E-state index contributed by atoms with van der Waals surface area (Å²) in [5.74, 6) is 0. The van der Waals surface area contributed by atoms with Crippen molar-refractivity contribution >= 4 is 49.1 Å². The van der Waals surface area contributed by atoms with Crippen LogP contribution in [0, 0.1) is 0 Å². The minimum absolute atomic E-state index is 0. The summed E-state index contributed by atoms with van der Waals surface area (Å²) in [6, 6.07) is 10.8. The first-order valence-electron chi connectivity index (χ1n) is 6.15. The van der Waals surface area contributed by atoms with Crippen molar-refractivity contribution in [3.8, 4) is 0 Å². The van der Waals surface area contributed by atoms with Crippen LogP contribution in [0.5, 0.6) is 0 Å². The number of benzene rings is 2. The molecule has 4 nitrogen and oxygen atoms in total. The molecular weight excluding hydrogens is 376 g/mol. The van der Waals surface area contributed by atoms with E-state index in [0.29, 0.717) is 0 Å². The molecular formula is C14H18BrClN2O2S. The lowest BCUT2D eigenvalue weighted by Crippen LogP contribution is -2.45. The molecule has 0 spiro atoms. The molecule has 0 aliphatic carbocycles. The molecule has 0 saturated carbocycles. The van der Waals surface area contributed by atoms with Crippen molar-refractivity contribution in [3.63, 3.8) is 0 Å². The maximum atomic E-state index is 12.2. The summed E-state index contributed by atoms with van der Waals surface area (Å²) in [5.41, 5.74) is 5.21. The molecule has 0 heterocycles. The van der Waals surface area contributed by atoms with Crippen molar-refractivity contribution in [2.24, 2.45) is 5.73 Å². The maximum absolute atomic E-state index is 12.2. The van der Waals surface area contributed by atoms with Gasteiger partial charge in [0.1, 0.15) is 0 Å². The predicted molar refractivity (Wildman–Crippen MR) is 92.4 cm³/mol. The van der Waals surface area contributed by atoms with Gasteiger partial charge in [-0.15, -0.1) is 12.4 Å². The fraction of sp³-hybridized carbons (Fsp3) is 0.286. The first-order valence-corrected chi connectivity index (χ1v) is 8.43. The van der Waals surface area contributed by atoms with Crippen LogP contribution in [0.15, 0.2) is 45.8 Å². The van der Waals surface area contributed by atoms with Gasteiger partial charge in [-0.05, 0) is 48.9 Å². The molecule has 0 bridgehead atoms. The van der Waals surface area contributed by atoms with E-state index < -0.39 is 15.6 Å². The third kappa shape index (κ3) is 4.93. The Labute approximate surface area is 139 Å². The molecule has 7 heteroatoms. The van der Waals surface area contributed by atoms with Crippen molar-refractivity contribution in [1.29, 1.82) is 0 Å². The molecule has 0 atom stereocenters. The van der Waals surface area contributed by atoms with Crippen molar-refractivity contribution in [1.82, 2.24) is 4.72 Å². The molecule has 0 amide bonds. The van der Waals surface area contributed by atoms with Crippen molar-refractivity contribution in [2.45, 2.75) is 24.3 Å². The normalized spacial score (nSPS) is 12.2. The molecule has 2 aromatic rings. The van der Waals surface area contributed by atoms with Crippen LogP contribution in [0.25, 0.3) is 10.8 Å². The highest BCUT2D eigenvalue weighted by Crippen LogP contribution is 2.22. The molecule has 0 fully saturated rings. The smallest absolute Gasteiger partial charge is 0.240 e. The number of nitrogens with one attached hydrogen (secondary N) is 1. The number of halogens is 2. The quantitative estimate of drug-likeness (QED) is 0.838. The van der Waals surface area contributed by atoms with Crippen molar-refractivity contribution in [2.75, 3.05) is 6.54 Å². The summed E-state index contributed by atoms with van der Waals surface area (Å²) in [5, 5.41) is 1.86. The van der Waals surface area contributed by atoms with Crippen LogP contribution < -0.4 is 10.5 Å². The van der Waals surface area contributed by atoms with Gasteiger partial charge >= 0.3 is 0 Å². The Morgan fingerprint density at radius 1 is 1.14 bits per heavy atom. The first kappa shape index (κ1) is 18.4. The average Bonchev–Trinajstić information content (AvgIpc) is 2.35. The number of hydrogen-bond acceptors (Lipinski definition) is 3. The lowest BCUT2D eigenvalue weighted by atomic mass is 10.1. The first-order chi connectivity index (χ1) is 9.17. The average molecular weight is 394 g/mol. The van der Waals surface area contributed by atoms with Gasteiger partial charge in [-0.1, -0.05) is 28.1 Å². The largest absolute Gasteiger partial charge is 0.324 e. The summed E-state index contributed by atoms with van der Waals surface area (Å²) >= 11 is 3.39. The highest BCUT2D eigenvalue weighted by atomic mass is 79.9. The standard InChI is InChI=1S/C14H17BrN2O2S.ClH/c1-14(2,16)9-17-20(18,19)13-6-4-10-7-12(15)5-3-11(10)8-13;/h3-8,17H,9,16H2,1-2H3;1H. The van der Waals surface area contributed by atoms with E-state index in [1.54, 1.807) is 32.0 Å². The molecule has 0 aliphatic heterocycles. The third-order valence-electron chi connectivity index (χ3n) is 2.80. The van der Waals surface area contributed by atoms with Gasteiger partial charge < -0.3 is 5.73 Å². The van der Waals surface area contributed by atoms with Crippen LogP contribution in [0.2, 0.25) is 0 Å². The van der Waals surface area contributed by atoms with Gasteiger partial charge in [-0.2, -0.15) is 0 Å². The molecule has 21 heavy (non-hydrogen) atoms. The SMILES string of the molecule is CC(C)(N)CNS(=O)(=O)c1ccc2cc(Br)ccc2c1.Cl. The van der Waals surface area contributed by atoms with E-state index in [0.717, 1.165) is 15.2 Å². The van der Waals surface area contributed by atoms with Crippen LogP contribution in [0.1, 0.15) is 13.8 Å². The van der Waals surface area contributed by atoms with Crippen LogP contribution in [0.3, 0.4) is 0 Å². The van der Waals surface area contributed by atoms with Crippen LogP contribution >= 0.6 is 28.3 Å². The van der Waals surface area contributed by atoms with Crippen LogP contribution in [-0.2, 0) is 10.0 Å². The number of nitrogens with two attached hydrogens (primary N) is 1. The predicted octanol–water partition coefficient (Wildman–Crippen LogP) is 3.04. The summed E-state index contributed by atoms with van der Waals surface area (Å²) in [6.45, 7) is 3.73. The second-order valence-electron chi connectivity index (χ2n) is 5.47. The van der Waals surface area contributed by atoms with Crippen LogP contribution in [-0.4, -0.2) is 20.5 Å². The number of rotatable bonds is 4. The molecule has 0 unspecified atom stereocenters. The third-order valence-corrected chi connectivity index (χ3v) is 4.69. The van der Waals surface area contributed by atoms with Gasteiger partial charge in [0.2, 0.25) is 10.0 Å². The van der Waals surface area contributed by atoms with Gasteiger partial charge in [-0.3, -0.25) is 0 Å². The lowest BCUT2D eigenvalue weighted by Gasteiger charge is -2.19. The van der Waals surface area contributed by atoms with Crippen molar-refractivity contribution in [3.05, 3.63) is 40.9 Å². The maximum Gasteiger partial charge on any atom is 0.240 e. The van der Waals surface area contributed by atoms with E-state index in [9.17, 15) is 8.42 Å². The van der Waals surface area contributed by atoms with E-state index in [4.69, 9.17) is 5.73 Å². The number of sulfonamides is 1. The molecule has 0 aliphatic rings. The molecule has 0 saturated heterocycles. The molecule has 116 valence electrons. The van der Waals surface area contributed by atoms with Crippen molar-refractivity contribution < 1.29 is 8.42 Å². The summed E-state index contributed by atoms with van der Waals surface area (Å²) in [4.78, 5) is 0.247. The topological polar surface area (TPSA) is 72.2 Å². The second kappa shape index (κ2) is 6.62. The Bertz CT molecular complexity index is 742. The minimum Gasteiger partial charge on any atom is -0.324 e. The Morgan fingerprint density at radius 3 is 2.33 bits per heavy atom. The number of fused-ring (bicyclic) bond motifs is 1. The monoisotopic (exact) mass is 392 g/mol. The molecule has 2 rings (SSSR count). The molecule has 3 N–H and O–H groups in total. The van der Waals surface area contributed by atoms with Gasteiger partial charge in [0.15, 0.2) is 0 Å². The fourth-order valence-electron chi connectivity index (χ4n) is 1.73. The van der Waals surface area contributed by atoms with Gasteiger partial charge in [0.25, 0.3) is 0 Å². The zero-order chi connectivity index (χ0) is 15.0. The Hall–Kier alpha value is -0.660. The van der Waals surface area contributed by atoms with E-state index in [-0.39, 0.29) is 23.8 Å². The van der Waals surface area contributed by atoms with E-state index in [1.165, 1.54) is 0 Å². The molecule has 0 radical (unpaired) electrons. The Kier molecular flexibility index (Phi) is 5.80. The van der Waals surface area contributed by atoms with Gasteiger partial charge in [0.05, 0.1) is 4.90 Å². The van der Waals surface area contributed by atoms with E-state index in [2.05, 4.69) is 20.7 Å². The zero-order valence-electron chi connectivity index (χ0n) is 11.8. The Morgan fingerprint density at radius 2 is 1.71 bits per heavy atom. The Balaban J connectivity index is 0.00000220. The summed E-state index contributed by atoms with van der Waals surface area (Å²) in [6.07, 6.45) is 0. The van der Waals surface area contributed by atoms with E-state index in [1.807, 2.05) is 18.2 Å². The highest BCUT2D eigenvalue weighted by Gasteiger charge is 2.18. The lowest BCUT2D eigenvalue weighted by molar-refractivity contribution is 0.498. The summed E-state index contributed by atoms with van der Waals surface area (Å²) in [7, 11) is -3.54. The minimum atomic E-state index is -3.54. The van der Waals surface area contributed by atoms with Gasteiger partial charge in [-0.25, -0.2) is 13.1 Å².